The summed E-state index contributed by atoms with van der Waals surface area (Å²) in [6.45, 7) is 1.89. The molecule has 0 aliphatic heterocycles. The van der Waals surface area contributed by atoms with Gasteiger partial charge in [-0.05, 0) is 13.0 Å². The summed E-state index contributed by atoms with van der Waals surface area (Å²) in [5.41, 5.74) is 2.11. The highest BCUT2D eigenvalue weighted by molar-refractivity contribution is 6.32. The van der Waals surface area contributed by atoms with Gasteiger partial charge in [0, 0.05) is 6.20 Å². The predicted octanol–water partition coefficient (Wildman–Crippen LogP) is -0.704. The molecule has 2 heterocycles. The molecule has 0 bridgehead atoms. The molecule has 0 unspecified atom stereocenters. The molecule has 0 saturated carbocycles. The van der Waals surface area contributed by atoms with E-state index in [2.05, 4.69) is 10.1 Å². The zero-order valence-corrected chi connectivity index (χ0v) is 6.57. The Morgan fingerprint density at radius 2 is 2.27 bits per heavy atom. The van der Waals surface area contributed by atoms with Gasteiger partial charge in [-0.2, -0.15) is 5.10 Å². The van der Waals surface area contributed by atoms with E-state index in [0.717, 1.165) is 11.5 Å². The molecule has 0 saturated heterocycles. The smallest absolute Gasteiger partial charge is 0.155 e. The molecule has 0 atom stereocenters. The Labute approximate surface area is 65.5 Å². The first-order valence-electron chi connectivity index (χ1n) is 3.55. The minimum atomic E-state index is 0.815. The number of rotatable bonds is 0. The van der Waals surface area contributed by atoms with Crippen molar-refractivity contribution in [2.75, 3.05) is 0 Å². The standard InChI is InChI=1S/C7H8BN3/c1-5-9-7-3-2-6(8)4-11(7)10-5/h2-4H,8H2,1H3. The molecule has 2 rings (SSSR count). The Hall–Kier alpha value is -1.32. The summed E-state index contributed by atoms with van der Waals surface area (Å²) in [6.07, 6.45) is 1.97. The topological polar surface area (TPSA) is 30.2 Å². The van der Waals surface area contributed by atoms with Gasteiger partial charge < -0.3 is 0 Å². The van der Waals surface area contributed by atoms with Crippen LogP contribution in [0.15, 0.2) is 18.3 Å². The molecule has 3 nitrogen and oxygen atoms in total. The fraction of sp³-hybridized carbons (Fsp3) is 0.143. The predicted molar refractivity (Wildman–Crippen MR) is 45.9 cm³/mol. The van der Waals surface area contributed by atoms with Crippen LogP contribution >= 0.6 is 0 Å². The first-order valence-corrected chi connectivity index (χ1v) is 3.55. The number of fused-ring (bicyclic) bond motifs is 1. The largest absolute Gasteiger partial charge is 0.221 e. The molecular formula is C7H8BN3. The zero-order chi connectivity index (χ0) is 7.84. The van der Waals surface area contributed by atoms with E-state index in [1.165, 1.54) is 5.46 Å². The van der Waals surface area contributed by atoms with Gasteiger partial charge in [-0.25, -0.2) is 9.50 Å². The molecule has 0 aromatic carbocycles. The lowest BCUT2D eigenvalue weighted by molar-refractivity contribution is 0.935. The van der Waals surface area contributed by atoms with Gasteiger partial charge in [0.15, 0.2) is 5.65 Å². The quantitative estimate of drug-likeness (QED) is 0.458. The average Bonchev–Trinajstić information content (AvgIpc) is 2.27. The van der Waals surface area contributed by atoms with Crippen molar-refractivity contribution in [2.45, 2.75) is 6.92 Å². The van der Waals surface area contributed by atoms with Crippen molar-refractivity contribution in [1.82, 2.24) is 14.6 Å². The van der Waals surface area contributed by atoms with Crippen LogP contribution in [-0.2, 0) is 0 Å². The molecule has 2 aromatic heterocycles. The highest BCUT2D eigenvalue weighted by Crippen LogP contribution is 1.96. The van der Waals surface area contributed by atoms with Crippen molar-refractivity contribution < 1.29 is 0 Å². The molecule has 11 heavy (non-hydrogen) atoms. The van der Waals surface area contributed by atoms with Gasteiger partial charge in [0.2, 0.25) is 0 Å². The van der Waals surface area contributed by atoms with Gasteiger partial charge in [0.05, 0.1) is 0 Å². The van der Waals surface area contributed by atoms with Crippen LogP contribution in [-0.4, -0.2) is 22.4 Å². The van der Waals surface area contributed by atoms with E-state index < -0.39 is 0 Å². The maximum absolute atomic E-state index is 4.21. The molecule has 0 amide bonds. The average molecular weight is 145 g/mol. The Balaban J connectivity index is 2.82. The minimum absolute atomic E-state index is 0.815. The van der Waals surface area contributed by atoms with Crippen molar-refractivity contribution in [3.05, 3.63) is 24.2 Å². The second-order valence-corrected chi connectivity index (χ2v) is 2.67. The lowest BCUT2D eigenvalue weighted by Gasteiger charge is -1.91. The van der Waals surface area contributed by atoms with Gasteiger partial charge in [-0.3, -0.25) is 0 Å². The number of hydrogen-bond donors (Lipinski definition) is 0. The van der Waals surface area contributed by atoms with Crippen LogP contribution in [0.2, 0.25) is 0 Å². The van der Waals surface area contributed by atoms with Gasteiger partial charge in [-0.15, -0.1) is 0 Å². The van der Waals surface area contributed by atoms with E-state index in [-0.39, 0.29) is 0 Å². The fourth-order valence-corrected chi connectivity index (χ4v) is 1.10. The van der Waals surface area contributed by atoms with E-state index >= 15 is 0 Å². The molecule has 2 aromatic rings. The number of aryl methyl sites for hydroxylation is 1. The summed E-state index contributed by atoms with van der Waals surface area (Å²) in [5, 5.41) is 4.18. The highest BCUT2D eigenvalue weighted by atomic mass is 15.3. The molecular weight excluding hydrogens is 137 g/mol. The lowest BCUT2D eigenvalue weighted by Crippen LogP contribution is -2.04. The highest BCUT2D eigenvalue weighted by Gasteiger charge is 1.96. The molecule has 0 N–H and O–H groups in total. The third-order valence-corrected chi connectivity index (χ3v) is 1.58. The molecule has 0 fully saturated rings. The van der Waals surface area contributed by atoms with Crippen LogP contribution in [0.25, 0.3) is 5.65 Å². The van der Waals surface area contributed by atoms with Gasteiger partial charge in [0.1, 0.15) is 13.7 Å². The number of hydrogen-bond acceptors (Lipinski definition) is 2. The molecule has 54 valence electrons. The van der Waals surface area contributed by atoms with Crippen LogP contribution in [0.3, 0.4) is 0 Å². The summed E-state index contributed by atoms with van der Waals surface area (Å²) >= 11 is 0. The summed E-state index contributed by atoms with van der Waals surface area (Å²) in [4.78, 5) is 4.21. The Bertz CT molecular complexity index is 393. The van der Waals surface area contributed by atoms with Crippen molar-refractivity contribution >= 4 is 19.0 Å². The molecule has 0 aliphatic rings. The van der Waals surface area contributed by atoms with E-state index in [1.807, 2.05) is 33.1 Å². The van der Waals surface area contributed by atoms with Gasteiger partial charge in [0.25, 0.3) is 0 Å². The number of pyridine rings is 1. The van der Waals surface area contributed by atoms with E-state index in [9.17, 15) is 0 Å². The maximum Gasteiger partial charge on any atom is 0.155 e. The maximum atomic E-state index is 4.21. The molecule has 4 heteroatoms. The third kappa shape index (κ3) is 1.00. The Morgan fingerprint density at radius 1 is 1.45 bits per heavy atom. The second-order valence-electron chi connectivity index (χ2n) is 2.67. The van der Waals surface area contributed by atoms with Gasteiger partial charge >= 0.3 is 0 Å². The normalized spacial score (nSPS) is 10.6. The Morgan fingerprint density at radius 3 is 3.09 bits per heavy atom. The van der Waals surface area contributed by atoms with Crippen LogP contribution in [0.4, 0.5) is 0 Å². The fourth-order valence-electron chi connectivity index (χ4n) is 1.10. The molecule has 0 spiro atoms. The SMILES string of the molecule is Bc1ccc2nc(C)nn2c1. The number of aromatic nitrogens is 3. The van der Waals surface area contributed by atoms with Crippen molar-refractivity contribution in [2.24, 2.45) is 0 Å². The van der Waals surface area contributed by atoms with Crippen molar-refractivity contribution in [3.63, 3.8) is 0 Å². The van der Waals surface area contributed by atoms with Crippen LogP contribution in [0, 0.1) is 6.92 Å². The van der Waals surface area contributed by atoms with Crippen LogP contribution in [0.1, 0.15) is 5.82 Å². The van der Waals surface area contributed by atoms with E-state index in [0.29, 0.717) is 0 Å². The van der Waals surface area contributed by atoms with Crippen molar-refractivity contribution in [3.8, 4) is 0 Å². The van der Waals surface area contributed by atoms with Crippen molar-refractivity contribution in [1.29, 1.82) is 0 Å². The monoisotopic (exact) mass is 145 g/mol. The summed E-state index contributed by atoms with van der Waals surface area (Å²) < 4.78 is 1.80. The first-order chi connectivity index (χ1) is 5.25. The minimum Gasteiger partial charge on any atom is -0.221 e. The van der Waals surface area contributed by atoms with Crippen LogP contribution < -0.4 is 5.46 Å². The zero-order valence-electron chi connectivity index (χ0n) is 6.57. The van der Waals surface area contributed by atoms with E-state index in [4.69, 9.17) is 0 Å². The first kappa shape index (κ1) is 6.40. The van der Waals surface area contributed by atoms with Crippen LogP contribution in [0.5, 0.6) is 0 Å². The molecule has 0 radical (unpaired) electrons. The Kier molecular flexibility index (Phi) is 1.21. The summed E-state index contributed by atoms with van der Waals surface area (Å²) in [6, 6.07) is 4.00. The lowest BCUT2D eigenvalue weighted by atomic mass is 9.99. The summed E-state index contributed by atoms with van der Waals surface area (Å²) in [5.74, 6) is 0.815. The summed E-state index contributed by atoms with van der Waals surface area (Å²) in [7, 11) is 2.04. The molecule has 0 aliphatic carbocycles. The number of nitrogens with zero attached hydrogens (tertiary/aromatic N) is 3. The van der Waals surface area contributed by atoms with E-state index in [1.54, 1.807) is 4.52 Å². The second kappa shape index (κ2) is 2.08. The third-order valence-electron chi connectivity index (χ3n) is 1.58. The van der Waals surface area contributed by atoms with Gasteiger partial charge in [-0.1, -0.05) is 11.5 Å².